The van der Waals surface area contributed by atoms with E-state index >= 15 is 0 Å². The second kappa shape index (κ2) is 5.89. The summed E-state index contributed by atoms with van der Waals surface area (Å²) in [5.41, 5.74) is 0.166. The predicted molar refractivity (Wildman–Crippen MR) is 65.6 cm³/mol. The molecule has 1 rings (SSSR count). The Hall–Kier alpha value is -1.26. The summed E-state index contributed by atoms with van der Waals surface area (Å²) >= 11 is 11.6. The van der Waals surface area contributed by atoms with E-state index in [4.69, 9.17) is 28.3 Å². The molecule has 1 atom stereocenters. The van der Waals surface area contributed by atoms with E-state index in [2.05, 4.69) is 5.32 Å². The number of rotatable bonds is 4. The van der Waals surface area contributed by atoms with Crippen molar-refractivity contribution >= 4 is 35.1 Å². The minimum absolute atomic E-state index is 0.118. The molecule has 0 saturated carbocycles. The van der Waals surface area contributed by atoms with Crippen molar-refractivity contribution in [1.29, 1.82) is 0 Å². The van der Waals surface area contributed by atoms with Crippen molar-refractivity contribution in [2.75, 3.05) is 0 Å². The van der Waals surface area contributed by atoms with Gasteiger partial charge in [0.05, 0.1) is 15.6 Å². The lowest BCUT2D eigenvalue weighted by Gasteiger charge is -2.13. The molecule has 0 aliphatic carbocycles. The molecule has 17 heavy (non-hydrogen) atoms. The molecule has 0 heterocycles. The van der Waals surface area contributed by atoms with Crippen LogP contribution in [0.3, 0.4) is 0 Å². The third kappa shape index (κ3) is 3.35. The third-order valence-corrected chi connectivity index (χ3v) is 3.03. The van der Waals surface area contributed by atoms with Gasteiger partial charge in [0.25, 0.3) is 5.91 Å². The second-order valence-electron chi connectivity index (χ2n) is 3.37. The highest BCUT2D eigenvalue weighted by molar-refractivity contribution is 6.43. The highest BCUT2D eigenvalue weighted by Gasteiger charge is 2.20. The number of carboxylic acid groups (broad SMARTS) is 1. The van der Waals surface area contributed by atoms with Gasteiger partial charge in [-0.15, -0.1) is 0 Å². The summed E-state index contributed by atoms with van der Waals surface area (Å²) in [7, 11) is 0. The number of hydrogen-bond acceptors (Lipinski definition) is 2. The molecule has 0 aromatic heterocycles. The lowest BCUT2D eigenvalue weighted by atomic mass is 10.1. The van der Waals surface area contributed by atoms with Crippen LogP contribution in [-0.2, 0) is 4.79 Å². The van der Waals surface area contributed by atoms with Crippen LogP contribution in [0.5, 0.6) is 0 Å². The van der Waals surface area contributed by atoms with Crippen molar-refractivity contribution in [3.05, 3.63) is 33.8 Å². The zero-order chi connectivity index (χ0) is 13.0. The lowest BCUT2D eigenvalue weighted by molar-refractivity contribution is -0.139. The van der Waals surface area contributed by atoms with Crippen LogP contribution in [0.4, 0.5) is 0 Å². The molecule has 0 radical (unpaired) electrons. The first-order valence-electron chi connectivity index (χ1n) is 4.95. The molecule has 0 aliphatic heterocycles. The van der Waals surface area contributed by atoms with Gasteiger partial charge in [-0.05, 0) is 18.6 Å². The largest absolute Gasteiger partial charge is 0.480 e. The van der Waals surface area contributed by atoms with E-state index in [1.165, 1.54) is 6.07 Å². The highest BCUT2D eigenvalue weighted by atomic mass is 35.5. The van der Waals surface area contributed by atoms with Gasteiger partial charge in [0.2, 0.25) is 0 Å². The number of carboxylic acids is 1. The normalized spacial score (nSPS) is 11.9. The number of benzene rings is 1. The van der Waals surface area contributed by atoms with Crippen molar-refractivity contribution in [2.24, 2.45) is 0 Å². The maximum Gasteiger partial charge on any atom is 0.326 e. The topological polar surface area (TPSA) is 66.4 Å². The standard InChI is InChI=1S/C11H11Cl2NO3/c1-2-8(11(16)17)14-10(15)6-4-3-5-7(12)9(6)13/h3-5,8H,2H2,1H3,(H,14,15)(H,16,17). The van der Waals surface area contributed by atoms with Gasteiger partial charge in [-0.2, -0.15) is 0 Å². The molecule has 2 N–H and O–H groups in total. The first-order valence-corrected chi connectivity index (χ1v) is 5.70. The van der Waals surface area contributed by atoms with Crippen LogP contribution in [0, 0.1) is 0 Å². The number of amides is 1. The molecular formula is C11H11Cl2NO3. The van der Waals surface area contributed by atoms with Crippen molar-refractivity contribution in [1.82, 2.24) is 5.32 Å². The molecule has 6 heteroatoms. The highest BCUT2D eigenvalue weighted by Crippen LogP contribution is 2.25. The molecule has 92 valence electrons. The first-order chi connectivity index (χ1) is 7.97. The smallest absolute Gasteiger partial charge is 0.326 e. The van der Waals surface area contributed by atoms with Gasteiger partial charge in [-0.3, -0.25) is 4.79 Å². The minimum atomic E-state index is -1.08. The van der Waals surface area contributed by atoms with Crippen molar-refractivity contribution in [3.8, 4) is 0 Å². The Morgan fingerprint density at radius 2 is 2.06 bits per heavy atom. The van der Waals surface area contributed by atoms with E-state index in [0.29, 0.717) is 6.42 Å². The van der Waals surface area contributed by atoms with E-state index in [1.807, 2.05) is 0 Å². The van der Waals surface area contributed by atoms with Crippen molar-refractivity contribution < 1.29 is 14.7 Å². The van der Waals surface area contributed by atoms with Gasteiger partial charge in [-0.1, -0.05) is 36.2 Å². The van der Waals surface area contributed by atoms with Crippen LogP contribution in [-0.4, -0.2) is 23.0 Å². The summed E-state index contributed by atoms with van der Waals surface area (Å²) in [5.74, 6) is -1.63. The molecule has 0 fully saturated rings. The Morgan fingerprint density at radius 1 is 1.41 bits per heavy atom. The number of hydrogen-bond donors (Lipinski definition) is 2. The Morgan fingerprint density at radius 3 is 2.59 bits per heavy atom. The van der Waals surface area contributed by atoms with Crippen LogP contribution in [0.15, 0.2) is 18.2 Å². The fourth-order valence-electron chi connectivity index (χ4n) is 1.25. The van der Waals surface area contributed by atoms with E-state index in [9.17, 15) is 9.59 Å². The van der Waals surface area contributed by atoms with Gasteiger partial charge in [0.1, 0.15) is 6.04 Å². The Kier molecular flexibility index (Phi) is 4.78. The molecule has 1 aromatic rings. The Labute approximate surface area is 109 Å². The fourth-order valence-corrected chi connectivity index (χ4v) is 1.64. The van der Waals surface area contributed by atoms with E-state index < -0.39 is 17.9 Å². The molecule has 1 amide bonds. The summed E-state index contributed by atoms with van der Waals surface area (Å²) in [5, 5.41) is 11.6. The molecule has 0 aliphatic rings. The molecule has 1 aromatic carbocycles. The third-order valence-electron chi connectivity index (χ3n) is 2.21. The van der Waals surface area contributed by atoms with Crippen LogP contribution in [0.2, 0.25) is 10.0 Å². The summed E-state index contributed by atoms with van der Waals surface area (Å²) < 4.78 is 0. The van der Waals surface area contributed by atoms with E-state index in [0.717, 1.165) is 0 Å². The van der Waals surface area contributed by atoms with Crippen molar-refractivity contribution in [2.45, 2.75) is 19.4 Å². The van der Waals surface area contributed by atoms with Gasteiger partial charge in [-0.25, -0.2) is 4.79 Å². The Bertz CT molecular complexity index is 448. The number of carbonyl (C=O) groups is 2. The van der Waals surface area contributed by atoms with Crippen molar-refractivity contribution in [3.63, 3.8) is 0 Å². The molecule has 1 unspecified atom stereocenters. The zero-order valence-electron chi connectivity index (χ0n) is 9.04. The summed E-state index contributed by atoms with van der Waals surface area (Å²) in [6.45, 7) is 1.67. The molecule has 0 saturated heterocycles. The average Bonchev–Trinajstić information content (AvgIpc) is 2.28. The van der Waals surface area contributed by atoms with E-state index in [-0.39, 0.29) is 15.6 Å². The number of carbonyl (C=O) groups excluding carboxylic acids is 1. The van der Waals surface area contributed by atoms with E-state index in [1.54, 1.807) is 19.1 Å². The zero-order valence-corrected chi connectivity index (χ0v) is 10.5. The van der Waals surface area contributed by atoms with Gasteiger partial charge >= 0.3 is 5.97 Å². The second-order valence-corrected chi connectivity index (χ2v) is 4.16. The maximum atomic E-state index is 11.8. The average molecular weight is 276 g/mol. The summed E-state index contributed by atoms with van der Waals surface area (Å²) in [4.78, 5) is 22.5. The minimum Gasteiger partial charge on any atom is -0.480 e. The first kappa shape index (κ1) is 13.8. The van der Waals surface area contributed by atoms with Gasteiger partial charge in [0.15, 0.2) is 0 Å². The number of aliphatic carboxylic acids is 1. The quantitative estimate of drug-likeness (QED) is 0.888. The fraction of sp³-hybridized carbons (Fsp3) is 0.273. The maximum absolute atomic E-state index is 11.8. The Balaban J connectivity index is 2.90. The molecule has 0 spiro atoms. The lowest BCUT2D eigenvalue weighted by Crippen LogP contribution is -2.40. The molecule has 4 nitrogen and oxygen atoms in total. The van der Waals surface area contributed by atoms with Gasteiger partial charge < -0.3 is 10.4 Å². The van der Waals surface area contributed by atoms with Crippen LogP contribution in [0.1, 0.15) is 23.7 Å². The number of nitrogens with one attached hydrogen (secondary N) is 1. The summed E-state index contributed by atoms with van der Waals surface area (Å²) in [6, 6.07) is 3.68. The number of halogens is 2. The van der Waals surface area contributed by atoms with Gasteiger partial charge in [0, 0.05) is 0 Å². The van der Waals surface area contributed by atoms with Crippen LogP contribution in [0.25, 0.3) is 0 Å². The molecule has 0 bridgehead atoms. The van der Waals surface area contributed by atoms with Crippen LogP contribution >= 0.6 is 23.2 Å². The molecular weight excluding hydrogens is 265 g/mol. The SMILES string of the molecule is CCC(NC(=O)c1cccc(Cl)c1Cl)C(=O)O. The monoisotopic (exact) mass is 275 g/mol. The summed E-state index contributed by atoms with van der Waals surface area (Å²) in [6.07, 6.45) is 0.291. The predicted octanol–water partition coefficient (Wildman–Crippen LogP) is 2.59. The van der Waals surface area contributed by atoms with Crippen LogP contribution < -0.4 is 5.32 Å².